The normalized spacial score (nSPS) is 10.9. The number of alkyl halides is 2. The van der Waals surface area contributed by atoms with Crippen LogP contribution in [-0.4, -0.2) is 6.61 Å². The number of benzene rings is 2. The monoisotopic (exact) mass is 340 g/mol. The van der Waals surface area contributed by atoms with Gasteiger partial charge in [0.05, 0.1) is 10.0 Å². The molecular formula is C13H6Cl3F3O. The molecule has 0 saturated heterocycles. The summed E-state index contributed by atoms with van der Waals surface area (Å²) in [6.07, 6.45) is 0. The SMILES string of the molecule is Fc1cc(-c2c(Cl)cc(Cl)cc2Cl)ccc1OC(F)F. The van der Waals surface area contributed by atoms with Gasteiger partial charge < -0.3 is 4.74 Å². The van der Waals surface area contributed by atoms with Crippen LogP contribution in [0.1, 0.15) is 0 Å². The van der Waals surface area contributed by atoms with Gasteiger partial charge in [0, 0.05) is 10.6 Å². The Morgan fingerprint density at radius 3 is 2.05 bits per heavy atom. The molecule has 0 spiro atoms. The maximum atomic E-state index is 13.7. The first kappa shape index (κ1) is 15.3. The molecule has 2 aromatic rings. The number of ether oxygens (including phenoxy) is 1. The third-order valence-electron chi connectivity index (χ3n) is 2.44. The Morgan fingerprint density at radius 2 is 1.55 bits per heavy atom. The van der Waals surface area contributed by atoms with Gasteiger partial charge >= 0.3 is 6.61 Å². The van der Waals surface area contributed by atoms with Crippen molar-refractivity contribution in [3.8, 4) is 16.9 Å². The van der Waals surface area contributed by atoms with E-state index in [0.29, 0.717) is 16.1 Å². The molecule has 0 heterocycles. The first-order valence-corrected chi connectivity index (χ1v) is 6.41. The highest BCUT2D eigenvalue weighted by Crippen LogP contribution is 2.38. The van der Waals surface area contributed by atoms with Gasteiger partial charge in [0.2, 0.25) is 0 Å². The van der Waals surface area contributed by atoms with Crippen LogP contribution in [0.5, 0.6) is 5.75 Å². The topological polar surface area (TPSA) is 9.23 Å². The van der Waals surface area contributed by atoms with E-state index in [2.05, 4.69) is 4.74 Å². The molecule has 0 bridgehead atoms. The highest BCUT2D eigenvalue weighted by atomic mass is 35.5. The lowest BCUT2D eigenvalue weighted by Gasteiger charge is -2.10. The summed E-state index contributed by atoms with van der Waals surface area (Å²) in [6.45, 7) is -3.10. The Morgan fingerprint density at radius 1 is 0.950 bits per heavy atom. The first-order valence-electron chi connectivity index (χ1n) is 5.27. The zero-order valence-corrected chi connectivity index (χ0v) is 11.9. The van der Waals surface area contributed by atoms with E-state index in [1.54, 1.807) is 0 Å². The lowest BCUT2D eigenvalue weighted by molar-refractivity contribution is -0.0521. The summed E-state index contributed by atoms with van der Waals surface area (Å²) in [5.41, 5.74) is 0.691. The summed E-state index contributed by atoms with van der Waals surface area (Å²) in [6, 6.07) is 6.37. The van der Waals surface area contributed by atoms with E-state index >= 15 is 0 Å². The van der Waals surface area contributed by atoms with Gasteiger partial charge in [-0.15, -0.1) is 0 Å². The van der Waals surface area contributed by atoms with E-state index in [-0.39, 0.29) is 10.0 Å². The first-order chi connectivity index (χ1) is 9.38. The Bertz CT molecular complexity index is 624. The van der Waals surface area contributed by atoms with Crippen LogP contribution in [0.2, 0.25) is 15.1 Å². The van der Waals surface area contributed by atoms with E-state index in [1.165, 1.54) is 18.2 Å². The van der Waals surface area contributed by atoms with Gasteiger partial charge in [0.15, 0.2) is 11.6 Å². The van der Waals surface area contributed by atoms with Gasteiger partial charge in [0.25, 0.3) is 0 Å². The predicted molar refractivity (Wildman–Crippen MR) is 73.5 cm³/mol. The van der Waals surface area contributed by atoms with Gasteiger partial charge in [-0.2, -0.15) is 8.78 Å². The fraction of sp³-hybridized carbons (Fsp3) is 0.0769. The van der Waals surface area contributed by atoms with Crippen molar-refractivity contribution in [2.75, 3.05) is 0 Å². The van der Waals surface area contributed by atoms with Crippen LogP contribution in [0.3, 0.4) is 0 Å². The molecule has 0 N–H and O–H groups in total. The molecule has 1 nitrogen and oxygen atoms in total. The quantitative estimate of drug-likeness (QED) is 0.660. The molecule has 0 aliphatic heterocycles. The van der Waals surface area contributed by atoms with Crippen LogP contribution < -0.4 is 4.74 Å². The zero-order chi connectivity index (χ0) is 14.9. The van der Waals surface area contributed by atoms with Gasteiger partial charge in [-0.1, -0.05) is 40.9 Å². The molecular weight excluding hydrogens is 335 g/mol. The molecule has 0 amide bonds. The molecule has 0 aliphatic rings. The molecule has 106 valence electrons. The van der Waals surface area contributed by atoms with Crippen molar-refractivity contribution >= 4 is 34.8 Å². The highest BCUT2D eigenvalue weighted by molar-refractivity contribution is 6.41. The zero-order valence-electron chi connectivity index (χ0n) is 9.64. The summed E-state index contributed by atoms with van der Waals surface area (Å²) in [7, 11) is 0. The average Bonchev–Trinajstić information content (AvgIpc) is 2.30. The smallest absolute Gasteiger partial charge is 0.387 e. The average molecular weight is 342 g/mol. The Balaban J connectivity index is 2.47. The number of rotatable bonds is 3. The number of hydrogen-bond donors (Lipinski definition) is 0. The molecule has 2 rings (SSSR count). The van der Waals surface area contributed by atoms with Gasteiger partial charge in [0.1, 0.15) is 0 Å². The number of halogens is 6. The molecule has 0 radical (unpaired) electrons. The van der Waals surface area contributed by atoms with Gasteiger partial charge in [-0.05, 0) is 29.8 Å². The second-order valence-electron chi connectivity index (χ2n) is 3.77. The Hall–Kier alpha value is -1.10. The molecule has 20 heavy (non-hydrogen) atoms. The van der Waals surface area contributed by atoms with Crippen LogP contribution in [0.15, 0.2) is 30.3 Å². The number of hydrogen-bond acceptors (Lipinski definition) is 1. The minimum atomic E-state index is -3.10. The Kier molecular flexibility index (Phi) is 4.68. The standard InChI is InChI=1S/C13H6Cl3F3O/c14-7-4-8(15)12(9(16)5-7)6-1-2-11(10(17)3-6)20-13(18)19/h1-5,13H. The van der Waals surface area contributed by atoms with Crippen molar-refractivity contribution in [2.45, 2.75) is 6.61 Å². The lowest BCUT2D eigenvalue weighted by atomic mass is 10.1. The van der Waals surface area contributed by atoms with E-state index in [4.69, 9.17) is 34.8 Å². The maximum Gasteiger partial charge on any atom is 0.387 e. The molecule has 0 saturated carbocycles. The van der Waals surface area contributed by atoms with E-state index in [9.17, 15) is 13.2 Å². The Labute approximate surface area is 127 Å². The van der Waals surface area contributed by atoms with Gasteiger partial charge in [-0.3, -0.25) is 0 Å². The molecule has 7 heteroatoms. The van der Waals surface area contributed by atoms with E-state index in [1.807, 2.05) is 0 Å². The minimum absolute atomic E-state index is 0.226. The van der Waals surface area contributed by atoms with Crippen LogP contribution in [0.4, 0.5) is 13.2 Å². The summed E-state index contributed by atoms with van der Waals surface area (Å²) < 4.78 is 41.8. The fourth-order valence-electron chi connectivity index (χ4n) is 1.67. The molecule has 0 unspecified atom stereocenters. The molecule has 0 aliphatic carbocycles. The molecule has 0 atom stereocenters. The van der Waals surface area contributed by atoms with Crippen molar-refractivity contribution < 1.29 is 17.9 Å². The van der Waals surface area contributed by atoms with E-state index < -0.39 is 18.2 Å². The molecule has 0 aromatic heterocycles. The van der Waals surface area contributed by atoms with Crippen LogP contribution in [0.25, 0.3) is 11.1 Å². The highest BCUT2D eigenvalue weighted by Gasteiger charge is 2.15. The van der Waals surface area contributed by atoms with E-state index in [0.717, 1.165) is 12.1 Å². The summed E-state index contributed by atoms with van der Waals surface area (Å²) in [5.74, 6) is -1.49. The molecule has 2 aromatic carbocycles. The largest absolute Gasteiger partial charge is 0.432 e. The second kappa shape index (κ2) is 6.12. The second-order valence-corrected chi connectivity index (χ2v) is 5.02. The summed E-state index contributed by atoms with van der Waals surface area (Å²) in [5, 5.41) is 0.788. The third-order valence-corrected chi connectivity index (χ3v) is 3.26. The van der Waals surface area contributed by atoms with Crippen molar-refractivity contribution in [3.63, 3.8) is 0 Å². The van der Waals surface area contributed by atoms with Crippen molar-refractivity contribution in [1.82, 2.24) is 0 Å². The third kappa shape index (κ3) is 3.32. The van der Waals surface area contributed by atoms with Crippen LogP contribution in [-0.2, 0) is 0 Å². The minimum Gasteiger partial charge on any atom is -0.432 e. The predicted octanol–water partition coefficient (Wildman–Crippen LogP) is 6.05. The van der Waals surface area contributed by atoms with Crippen LogP contribution >= 0.6 is 34.8 Å². The van der Waals surface area contributed by atoms with Crippen LogP contribution in [0, 0.1) is 5.82 Å². The summed E-state index contributed by atoms with van der Waals surface area (Å²) in [4.78, 5) is 0. The lowest BCUT2D eigenvalue weighted by Crippen LogP contribution is -2.03. The van der Waals surface area contributed by atoms with Crippen molar-refractivity contribution in [1.29, 1.82) is 0 Å². The maximum absolute atomic E-state index is 13.7. The van der Waals surface area contributed by atoms with Crippen molar-refractivity contribution in [2.24, 2.45) is 0 Å². The summed E-state index contributed by atoms with van der Waals surface area (Å²) >= 11 is 17.8. The fourth-order valence-corrected chi connectivity index (χ4v) is 2.70. The van der Waals surface area contributed by atoms with Gasteiger partial charge in [-0.25, -0.2) is 4.39 Å². The van der Waals surface area contributed by atoms with Crippen molar-refractivity contribution in [3.05, 3.63) is 51.2 Å². The molecule has 0 fully saturated rings.